The molecule has 1 fully saturated rings. The molecular weight excluding hydrogens is 350 g/mol. The molecule has 1 saturated heterocycles. The van der Waals surface area contributed by atoms with Gasteiger partial charge in [0, 0.05) is 31.1 Å². The van der Waals surface area contributed by atoms with Crippen LogP contribution in [0.2, 0.25) is 0 Å². The summed E-state index contributed by atoms with van der Waals surface area (Å²) in [6.45, 7) is 6.39. The van der Waals surface area contributed by atoms with Gasteiger partial charge < -0.3 is 14.8 Å². The van der Waals surface area contributed by atoms with Crippen LogP contribution in [-0.2, 0) is 4.74 Å². The molecule has 4 rings (SSSR count). The number of nitrogens with one attached hydrogen (secondary N) is 1. The molecule has 0 spiro atoms. The van der Waals surface area contributed by atoms with E-state index in [4.69, 9.17) is 14.5 Å². The lowest BCUT2D eigenvalue weighted by Gasteiger charge is -2.35. The SMILES string of the molecule is COc1ccc2c(C)cc(NCC(c3ccccc3)N3CCOCC3)nc2c1. The molecule has 0 aliphatic carbocycles. The lowest BCUT2D eigenvalue weighted by molar-refractivity contribution is 0.0187. The van der Waals surface area contributed by atoms with Crippen molar-refractivity contribution in [3.63, 3.8) is 0 Å². The van der Waals surface area contributed by atoms with E-state index in [1.807, 2.05) is 12.1 Å². The Morgan fingerprint density at radius 3 is 2.64 bits per heavy atom. The Bertz CT molecular complexity index is 924. The highest BCUT2D eigenvalue weighted by atomic mass is 16.5. The van der Waals surface area contributed by atoms with E-state index in [1.54, 1.807) is 7.11 Å². The molecule has 1 aliphatic heterocycles. The predicted octanol–water partition coefficient (Wildman–Crippen LogP) is 4.04. The summed E-state index contributed by atoms with van der Waals surface area (Å²) in [7, 11) is 1.68. The van der Waals surface area contributed by atoms with Gasteiger partial charge in [0.05, 0.1) is 31.9 Å². The Hall–Kier alpha value is -2.63. The van der Waals surface area contributed by atoms with E-state index in [0.29, 0.717) is 0 Å². The van der Waals surface area contributed by atoms with E-state index >= 15 is 0 Å². The third-order valence-electron chi connectivity index (χ3n) is 5.37. The topological polar surface area (TPSA) is 46.6 Å². The highest BCUT2D eigenvalue weighted by molar-refractivity contribution is 5.85. The maximum atomic E-state index is 5.55. The fraction of sp³-hybridized carbons (Fsp3) is 0.348. The van der Waals surface area contributed by atoms with Gasteiger partial charge in [0.15, 0.2) is 0 Å². The average Bonchev–Trinajstić information content (AvgIpc) is 2.75. The van der Waals surface area contributed by atoms with Gasteiger partial charge in [-0.3, -0.25) is 4.90 Å². The van der Waals surface area contributed by atoms with E-state index in [-0.39, 0.29) is 6.04 Å². The normalized spacial score (nSPS) is 16.1. The lowest BCUT2D eigenvalue weighted by atomic mass is 10.0. The number of morpholine rings is 1. The van der Waals surface area contributed by atoms with Crippen molar-refractivity contribution in [2.24, 2.45) is 0 Å². The zero-order valence-electron chi connectivity index (χ0n) is 16.5. The van der Waals surface area contributed by atoms with Crippen LogP contribution >= 0.6 is 0 Å². The highest BCUT2D eigenvalue weighted by Gasteiger charge is 2.22. The van der Waals surface area contributed by atoms with Crippen LogP contribution in [0.4, 0.5) is 5.82 Å². The molecule has 1 aliphatic rings. The summed E-state index contributed by atoms with van der Waals surface area (Å²) < 4.78 is 10.9. The van der Waals surface area contributed by atoms with Crippen molar-refractivity contribution in [1.29, 1.82) is 0 Å². The predicted molar refractivity (Wildman–Crippen MR) is 113 cm³/mol. The van der Waals surface area contributed by atoms with Crippen molar-refractivity contribution in [2.45, 2.75) is 13.0 Å². The molecule has 2 heterocycles. The number of methoxy groups -OCH3 is 1. The van der Waals surface area contributed by atoms with E-state index in [1.165, 1.54) is 11.1 Å². The minimum atomic E-state index is 0.285. The monoisotopic (exact) mass is 377 g/mol. The molecule has 28 heavy (non-hydrogen) atoms. The van der Waals surface area contributed by atoms with Gasteiger partial charge >= 0.3 is 0 Å². The number of fused-ring (bicyclic) bond motifs is 1. The Balaban J connectivity index is 1.58. The van der Waals surface area contributed by atoms with Crippen molar-refractivity contribution < 1.29 is 9.47 Å². The first-order valence-electron chi connectivity index (χ1n) is 9.80. The van der Waals surface area contributed by atoms with Gasteiger partial charge in [0.1, 0.15) is 11.6 Å². The summed E-state index contributed by atoms with van der Waals surface area (Å²) in [5, 5.41) is 4.73. The molecule has 146 valence electrons. The smallest absolute Gasteiger partial charge is 0.126 e. The maximum absolute atomic E-state index is 5.55. The first kappa shape index (κ1) is 18.7. The van der Waals surface area contributed by atoms with Crippen molar-refractivity contribution in [1.82, 2.24) is 9.88 Å². The van der Waals surface area contributed by atoms with Gasteiger partial charge in [-0.25, -0.2) is 4.98 Å². The summed E-state index contributed by atoms with van der Waals surface area (Å²) in [6.07, 6.45) is 0. The van der Waals surface area contributed by atoms with E-state index < -0.39 is 0 Å². The summed E-state index contributed by atoms with van der Waals surface area (Å²) in [5.74, 6) is 1.72. The molecule has 1 aromatic heterocycles. The summed E-state index contributed by atoms with van der Waals surface area (Å²) in [6, 6.07) is 19.1. The van der Waals surface area contributed by atoms with Crippen LogP contribution in [-0.4, -0.2) is 49.8 Å². The number of benzene rings is 2. The largest absolute Gasteiger partial charge is 0.497 e. The number of anilines is 1. The summed E-state index contributed by atoms with van der Waals surface area (Å²) in [5.41, 5.74) is 3.47. The molecule has 1 unspecified atom stereocenters. The van der Waals surface area contributed by atoms with E-state index in [2.05, 4.69) is 59.6 Å². The first-order valence-corrected chi connectivity index (χ1v) is 9.80. The van der Waals surface area contributed by atoms with Gasteiger partial charge in [-0.1, -0.05) is 30.3 Å². The van der Waals surface area contributed by atoms with Crippen LogP contribution in [0.1, 0.15) is 17.2 Å². The third kappa shape index (κ3) is 4.11. The number of pyridine rings is 1. The summed E-state index contributed by atoms with van der Waals surface area (Å²) >= 11 is 0. The van der Waals surface area contributed by atoms with Crippen molar-refractivity contribution in [3.05, 3.63) is 65.7 Å². The quantitative estimate of drug-likeness (QED) is 0.703. The minimum Gasteiger partial charge on any atom is -0.497 e. The molecule has 5 heteroatoms. The second kappa shape index (κ2) is 8.59. The Morgan fingerprint density at radius 2 is 1.89 bits per heavy atom. The van der Waals surface area contributed by atoms with Crippen LogP contribution in [0.5, 0.6) is 5.75 Å². The molecule has 0 amide bonds. The first-order chi connectivity index (χ1) is 13.7. The van der Waals surface area contributed by atoms with Crippen LogP contribution in [0, 0.1) is 6.92 Å². The molecule has 5 nitrogen and oxygen atoms in total. The van der Waals surface area contributed by atoms with Crippen LogP contribution in [0.25, 0.3) is 10.9 Å². The molecule has 0 radical (unpaired) electrons. The number of hydrogen-bond donors (Lipinski definition) is 1. The standard InChI is InChI=1S/C23H27N3O2/c1-17-14-23(25-21-15-19(27-2)8-9-20(17)21)24-16-22(18-6-4-3-5-7-18)26-10-12-28-13-11-26/h3-9,14-15,22H,10-13,16H2,1-2H3,(H,24,25). The second-order valence-corrected chi connectivity index (χ2v) is 7.16. The number of aromatic nitrogens is 1. The van der Waals surface area contributed by atoms with Gasteiger partial charge in [0.2, 0.25) is 0 Å². The molecule has 0 saturated carbocycles. The third-order valence-corrected chi connectivity index (χ3v) is 5.37. The molecule has 1 N–H and O–H groups in total. The molecule has 3 aromatic rings. The van der Waals surface area contributed by atoms with Crippen molar-refractivity contribution in [2.75, 3.05) is 45.3 Å². The van der Waals surface area contributed by atoms with Gasteiger partial charge in [-0.05, 0) is 36.2 Å². The maximum Gasteiger partial charge on any atom is 0.126 e. The highest BCUT2D eigenvalue weighted by Crippen LogP contribution is 2.26. The fourth-order valence-electron chi connectivity index (χ4n) is 3.82. The molecular formula is C23H27N3O2. The van der Waals surface area contributed by atoms with Crippen LogP contribution < -0.4 is 10.1 Å². The fourth-order valence-corrected chi connectivity index (χ4v) is 3.82. The van der Waals surface area contributed by atoms with Gasteiger partial charge in [-0.15, -0.1) is 0 Å². The van der Waals surface area contributed by atoms with Crippen LogP contribution in [0.3, 0.4) is 0 Å². The van der Waals surface area contributed by atoms with Crippen molar-refractivity contribution >= 4 is 16.7 Å². The second-order valence-electron chi connectivity index (χ2n) is 7.16. The minimum absolute atomic E-state index is 0.285. The van der Waals surface area contributed by atoms with Gasteiger partial charge in [0.25, 0.3) is 0 Å². The Kier molecular flexibility index (Phi) is 5.74. The lowest BCUT2D eigenvalue weighted by Crippen LogP contribution is -2.41. The zero-order chi connectivity index (χ0) is 19.3. The number of ether oxygens (including phenoxy) is 2. The van der Waals surface area contributed by atoms with Crippen LogP contribution in [0.15, 0.2) is 54.6 Å². The molecule has 2 aromatic carbocycles. The zero-order valence-corrected chi connectivity index (χ0v) is 16.5. The summed E-state index contributed by atoms with van der Waals surface area (Å²) in [4.78, 5) is 7.31. The number of hydrogen-bond acceptors (Lipinski definition) is 5. The number of aryl methyl sites for hydroxylation is 1. The number of nitrogens with zero attached hydrogens (tertiary/aromatic N) is 2. The molecule has 1 atom stereocenters. The van der Waals surface area contributed by atoms with E-state index in [0.717, 1.165) is 55.3 Å². The van der Waals surface area contributed by atoms with Crippen molar-refractivity contribution in [3.8, 4) is 5.75 Å². The molecule has 0 bridgehead atoms. The van der Waals surface area contributed by atoms with Gasteiger partial charge in [-0.2, -0.15) is 0 Å². The Morgan fingerprint density at radius 1 is 1.11 bits per heavy atom. The van der Waals surface area contributed by atoms with E-state index in [9.17, 15) is 0 Å². The Labute approximate surface area is 166 Å². The average molecular weight is 377 g/mol. The number of rotatable bonds is 6.